The topological polar surface area (TPSA) is 57.5 Å². The predicted molar refractivity (Wildman–Crippen MR) is 76.8 cm³/mol. The fourth-order valence-electron chi connectivity index (χ4n) is 1.80. The number of halogens is 2. The summed E-state index contributed by atoms with van der Waals surface area (Å²) in [6.07, 6.45) is 1.69. The van der Waals surface area contributed by atoms with Gasteiger partial charge in [-0.25, -0.2) is 10.2 Å². The maximum Gasteiger partial charge on any atom is 0.177 e. The highest BCUT2D eigenvalue weighted by molar-refractivity contribution is 9.10. The van der Waals surface area contributed by atoms with Crippen LogP contribution in [0, 0.1) is 0 Å². The summed E-state index contributed by atoms with van der Waals surface area (Å²) < 4.78 is 2.58. The number of amidine groups is 1. The highest BCUT2D eigenvalue weighted by atomic mass is 79.9. The Balaban J connectivity index is 2.07. The van der Waals surface area contributed by atoms with Crippen LogP contribution in [0.3, 0.4) is 0 Å². The number of hydrazone groups is 1. The molecule has 0 saturated heterocycles. The van der Waals surface area contributed by atoms with Gasteiger partial charge in [0.15, 0.2) is 5.84 Å². The highest BCUT2D eigenvalue weighted by Gasteiger charge is 2.22. The van der Waals surface area contributed by atoms with E-state index in [0.717, 1.165) is 15.7 Å². The van der Waals surface area contributed by atoms with E-state index in [1.807, 2.05) is 31.3 Å². The van der Waals surface area contributed by atoms with Crippen LogP contribution in [0.2, 0.25) is 5.15 Å². The van der Waals surface area contributed by atoms with Gasteiger partial charge in [-0.1, -0.05) is 23.7 Å². The molecule has 2 N–H and O–H groups in total. The summed E-state index contributed by atoms with van der Waals surface area (Å²) in [6, 6.07) is 7.74. The first-order valence-corrected chi connectivity index (χ1v) is 6.66. The second-order valence-electron chi connectivity index (χ2n) is 3.93. The molecule has 0 radical (unpaired) electrons. The standard InChI is InChI=1S/C11H10BrClN6/c1-18-11(15-16-17-18)7-6-14-19(10(7)13)9-5-3-2-4-8(9)12/h2-6,16-17H,1H3. The third-order valence-electron chi connectivity index (χ3n) is 2.73. The van der Waals surface area contributed by atoms with Crippen LogP contribution in [0.15, 0.2) is 40.0 Å². The first-order chi connectivity index (χ1) is 9.18. The molecule has 0 spiro atoms. The van der Waals surface area contributed by atoms with Gasteiger partial charge >= 0.3 is 0 Å². The molecule has 8 heteroatoms. The van der Waals surface area contributed by atoms with E-state index in [1.165, 1.54) is 0 Å². The second-order valence-corrected chi connectivity index (χ2v) is 5.14. The van der Waals surface area contributed by atoms with Gasteiger partial charge < -0.3 is 0 Å². The maximum atomic E-state index is 6.39. The van der Waals surface area contributed by atoms with Crippen LogP contribution in [0.5, 0.6) is 0 Å². The number of nitrogens with zero attached hydrogens (tertiary/aromatic N) is 4. The third kappa shape index (κ3) is 2.09. The van der Waals surface area contributed by atoms with E-state index in [1.54, 1.807) is 15.9 Å². The Morgan fingerprint density at radius 3 is 2.79 bits per heavy atom. The van der Waals surface area contributed by atoms with Crippen molar-refractivity contribution >= 4 is 33.4 Å². The van der Waals surface area contributed by atoms with E-state index < -0.39 is 0 Å². The molecule has 0 unspecified atom stereocenters. The summed E-state index contributed by atoms with van der Waals surface area (Å²) in [5.74, 6) is 0.684. The molecule has 0 bridgehead atoms. The first kappa shape index (κ1) is 12.5. The molecule has 19 heavy (non-hydrogen) atoms. The Bertz CT molecular complexity index is 652. The Labute approximate surface area is 123 Å². The second kappa shape index (κ2) is 4.84. The molecule has 6 nitrogen and oxygen atoms in total. The minimum absolute atomic E-state index is 0.503. The molecule has 0 fully saturated rings. The number of hydrazine groups is 2. The summed E-state index contributed by atoms with van der Waals surface area (Å²) in [4.78, 5) is 0. The van der Waals surface area contributed by atoms with Gasteiger partial charge in [0.25, 0.3) is 0 Å². The van der Waals surface area contributed by atoms with Crippen LogP contribution >= 0.6 is 27.5 Å². The van der Waals surface area contributed by atoms with Gasteiger partial charge in [0.2, 0.25) is 0 Å². The number of hydrogen-bond donors (Lipinski definition) is 2. The van der Waals surface area contributed by atoms with Crippen LogP contribution in [0.25, 0.3) is 5.69 Å². The van der Waals surface area contributed by atoms with Gasteiger partial charge in [0.05, 0.1) is 17.4 Å². The Morgan fingerprint density at radius 2 is 2.11 bits per heavy atom. The van der Waals surface area contributed by atoms with Crippen molar-refractivity contribution in [1.29, 1.82) is 0 Å². The molecule has 1 aliphatic heterocycles. The zero-order valence-electron chi connectivity index (χ0n) is 9.93. The molecule has 1 aliphatic rings. The van der Waals surface area contributed by atoms with E-state index in [9.17, 15) is 0 Å². The smallest absolute Gasteiger partial charge is 0.177 e. The summed E-state index contributed by atoms with van der Waals surface area (Å²) in [6.45, 7) is 0. The lowest BCUT2D eigenvalue weighted by Gasteiger charge is -2.11. The number of para-hydroxylation sites is 1. The molecule has 1 aromatic heterocycles. The normalized spacial score (nSPS) is 14.5. The monoisotopic (exact) mass is 340 g/mol. The van der Waals surface area contributed by atoms with Crippen LogP contribution < -0.4 is 11.1 Å². The van der Waals surface area contributed by atoms with Gasteiger partial charge in [0.1, 0.15) is 5.15 Å². The number of hydrogen-bond acceptors (Lipinski definition) is 5. The summed E-state index contributed by atoms with van der Waals surface area (Å²) in [5.41, 5.74) is 7.12. The minimum Gasteiger partial charge on any atom is -0.274 e. The molecule has 3 rings (SSSR count). The van der Waals surface area contributed by atoms with Gasteiger partial charge in [0, 0.05) is 11.5 Å². The van der Waals surface area contributed by atoms with Crippen molar-refractivity contribution in [2.24, 2.45) is 5.10 Å². The number of aromatic nitrogens is 2. The fourth-order valence-corrected chi connectivity index (χ4v) is 2.52. The van der Waals surface area contributed by atoms with Crippen molar-refractivity contribution in [3.63, 3.8) is 0 Å². The van der Waals surface area contributed by atoms with E-state index in [2.05, 4.69) is 37.2 Å². The average molecular weight is 342 g/mol. The largest absolute Gasteiger partial charge is 0.274 e. The van der Waals surface area contributed by atoms with Crippen LogP contribution in [-0.2, 0) is 0 Å². The lowest BCUT2D eigenvalue weighted by Crippen LogP contribution is -2.37. The zero-order valence-corrected chi connectivity index (χ0v) is 12.3. The molecule has 98 valence electrons. The number of benzene rings is 1. The van der Waals surface area contributed by atoms with Crippen LogP contribution in [0.1, 0.15) is 5.56 Å². The van der Waals surface area contributed by atoms with E-state index in [4.69, 9.17) is 11.6 Å². The first-order valence-electron chi connectivity index (χ1n) is 5.49. The number of nitrogens with one attached hydrogen (secondary N) is 2. The molecule has 2 aromatic rings. The Kier molecular flexibility index (Phi) is 3.17. The van der Waals surface area contributed by atoms with Crippen molar-refractivity contribution in [2.75, 3.05) is 7.05 Å². The number of rotatable bonds is 2. The molecule has 1 aromatic carbocycles. The zero-order chi connectivity index (χ0) is 13.4. The van der Waals surface area contributed by atoms with E-state index in [0.29, 0.717) is 11.0 Å². The minimum atomic E-state index is 0.503. The molecular weight excluding hydrogens is 332 g/mol. The molecule has 0 aliphatic carbocycles. The molecule has 0 atom stereocenters. The van der Waals surface area contributed by atoms with Gasteiger partial charge in [-0.15, -0.1) is 10.6 Å². The van der Waals surface area contributed by atoms with Gasteiger partial charge in [-0.2, -0.15) is 5.10 Å². The molecule has 0 saturated carbocycles. The van der Waals surface area contributed by atoms with Crippen molar-refractivity contribution < 1.29 is 0 Å². The van der Waals surface area contributed by atoms with Gasteiger partial charge in [-0.05, 0) is 28.1 Å². The van der Waals surface area contributed by atoms with Crippen LogP contribution in [-0.4, -0.2) is 27.7 Å². The van der Waals surface area contributed by atoms with Crippen molar-refractivity contribution in [1.82, 2.24) is 25.9 Å². The van der Waals surface area contributed by atoms with E-state index in [-0.39, 0.29) is 0 Å². The third-order valence-corrected chi connectivity index (χ3v) is 3.76. The SMILES string of the molecule is CN1NNN=C1c1cnn(-c2ccccc2Br)c1Cl. The lowest BCUT2D eigenvalue weighted by molar-refractivity contribution is 0.349. The van der Waals surface area contributed by atoms with Crippen molar-refractivity contribution in [3.8, 4) is 5.69 Å². The fraction of sp³-hybridized carbons (Fsp3) is 0.0909. The van der Waals surface area contributed by atoms with Crippen molar-refractivity contribution in [2.45, 2.75) is 0 Å². The Hall–Kier alpha value is -1.57. The van der Waals surface area contributed by atoms with Crippen molar-refractivity contribution in [3.05, 3.63) is 45.7 Å². The average Bonchev–Trinajstić information content (AvgIpc) is 2.96. The highest BCUT2D eigenvalue weighted by Crippen LogP contribution is 2.26. The summed E-state index contributed by atoms with van der Waals surface area (Å²) >= 11 is 9.88. The van der Waals surface area contributed by atoms with E-state index >= 15 is 0 Å². The molecular formula is C11H10BrClN6. The quantitative estimate of drug-likeness (QED) is 0.876. The summed E-state index contributed by atoms with van der Waals surface area (Å²) in [5, 5.41) is 10.7. The molecule has 2 heterocycles. The maximum absolute atomic E-state index is 6.39. The summed E-state index contributed by atoms with van der Waals surface area (Å²) in [7, 11) is 1.84. The predicted octanol–water partition coefficient (Wildman–Crippen LogP) is 1.90. The Morgan fingerprint density at radius 1 is 1.32 bits per heavy atom. The molecule has 0 amide bonds. The lowest BCUT2D eigenvalue weighted by atomic mass is 10.3. The van der Waals surface area contributed by atoms with Crippen LogP contribution in [0.4, 0.5) is 0 Å². The van der Waals surface area contributed by atoms with Gasteiger partial charge in [-0.3, -0.25) is 5.01 Å².